The van der Waals surface area contributed by atoms with E-state index in [0.717, 1.165) is 29.6 Å². The highest BCUT2D eigenvalue weighted by atomic mass is 32.2. The smallest absolute Gasteiger partial charge is 0.326 e. The largest absolute Gasteiger partial charge is 0.417 e. The van der Waals surface area contributed by atoms with Gasteiger partial charge in [0.2, 0.25) is 0 Å². The fourth-order valence-electron chi connectivity index (χ4n) is 1.29. The van der Waals surface area contributed by atoms with Crippen LogP contribution in [0.5, 0.6) is 0 Å². The third kappa shape index (κ3) is 3.42. The highest BCUT2D eigenvalue weighted by Gasteiger charge is 2.30. The molecule has 0 unspecified atom stereocenters. The summed E-state index contributed by atoms with van der Waals surface area (Å²) in [4.78, 5) is 3.75. The molecule has 0 aliphatic rings. The minimum Gasteiger partial charge on any atom is -0.326 e. The first kappa shape index (κ1) is 13.8. The number of rotatable bonds is 3. The molecule has 0 saturated carbocycles. The molecule has 4 nitrogen and oxygen atoms in total. The molecule has 0 spiro atoms. The van der Waals surface area contributed by atoms with Gasteiger partial charge in [0.05, 0.1) is 5.56 Å². The number of nitrogens with two attached hydrogens (primary N) is 1. The van der Waals surface area contributed by atoms with Crippen molar-refractivity contribution in [1.82, 2.24) is 15.2 Å². The zero-order chi connectivity index (χ0) is 13.9. The Morgan fingerprint density at radius 2 is 2.00 bits per heavy atom. The van der Waals surface area contributed by atoms with Gasteiger partial charge in [-0.1, -0.05) is 0 Å². The molecule has 0 fully saturated rings. The third-order valence-corrected chi connectivity index (χ3v) is 3.24. The van der Waals surface area contributed by atoms with Crippen molar-refractivity contribution in [3.63, 3.8) is 0 Å². The summed E-state index contributed by atoms with van der Waals surface area (Å²) in [5.74, 6) is 0. The number of hydrogen-bond acceptors (Lipinski definition) is 5. The summed E-state index contributed by atoms with van der Waals surface area (Å²) in [7, 11) is 0. The summed E-state index contributed by atoms with van der Waals surface area (Å²) in [5.41, 5.74) is 5.52. The zero-order valence-electron chi connectivity index (χ0n) is 9.55. The van der Waals surface area contributed by atoms with Crippen LogP contribution in [0, 0.1) is 0 Å². The van der Waals surface area contributed by atoms with Crippen molar-refractivity contribution in [3.8, 4) is 0 Å². The highest BCUT2D eigenvalue weighted by molar-refractivity contribution is 7.99. The van der Waals surface area contributed by atoms with E-state index in [2.05, 4.69) is 15.2 Å². The van der Waals surface area contributed by atoms with Crippen molar-refractivity contribution >= 4 is 11.8 Å². The lowest BCUT2D eigenvalue weighted by Crippen LogP contribution is -2.05. The van der Waals surface area contributed by atoms with E-state index in [4.69, 9.17) is 5.73 Å². The third-order valence-electron chi connectivity index (χ3n) is 2.25. The Bertz CT molecular complexity index is 557. The molecule has 0 aliphatic carbocycles. The standard InChI is InChI=1S/C11H9F3N4S/c12-11(13,14)8-1-2-9(16-6-8)19-10-7(5-15)3-4-17-18-10/h1-4,6H,5,15H2. The predicted octanol–water partition coefficient (Wildman–Crippen LogP) is 2.50. The lowest BCUT2D eigenvalue weighted by atomic mass is 10.3. The maximum atomic E-state index is 12.4. The van der Waals surface area contributed by atoms with E-state index in [-0.39, 0.29) is 6.54 Å². The average molecular weight is 286 g/mol. The van der Waals surface area contributed by atoms with Crippen LogP contribution in [0.3, 0.4) is 0 Å². The molecule has 19 heavy (non-hydrogen) atoms. The van der Waals surface area contributed by atoms with Crippen molar-refractivity contribution < 1.29 is 13.2 Å². The fourth-order valence-corrected chi connectivity index (χ4v) is 2.10. The van der Waals surface area contributed by atoms with Crippen molar-refractivity contribution in [2.45, 2.75) is 22.8 Å². The number of pyridine rings is 1. The molecule has 0 atom stereocenters. The van der Waals surface area contributed by atoms with Crippen LogP contribution in [0.1, 0.15) is 11.1 Å². The number of halogens is 3. The number of hydrogen-bond donors (Lipinski definition) is 1. The van der Waals surface area contributed by atoms with Crippen LogP contribution < -0.4 is 5.73 Å². The van der Waals surface area contributed by atoms with Crippen molar-refractivity contribution in [1.29, 1.82) is 0 Å². The second-order valence-electron chi connectivity index (χ2n) is 3.55. The molecular formula is C11H9F3N4S. The summed E-state index contributed by atoms with van der Waals surface area (Å²) >= 11 is 1.13. The first-order chi connectivity index (χ1) is 9.00. The monoisotopic (exact) mass is 286 g/mol. The van der Waals surface area contributed by atoms with Crippen LogP contribution in [0.25, 0.3) is 0 Å². The zero-order valence-corrected chi connectivity index (χ0v) is 10.4. The Morgan fingerprint density at radius 1 is 1.21 bits per heavy atom. The summed E-state index contributed by atoms with van der Waals surface area (Å²) in [6.07, 6.45) is -2.08. The van der Waals surface area contributed by atoms with Crippen LogP contribution in [-0.2, 0) is 12.7 Å². The first-order valence-corrected chi connectivity index (χ1v) is 6.04. The van der Waals surface area contributed by atoms with Crippen molar-refractivity contribution in [2.24, 2.45) is 5.73 Å². The molecule has 2 aromatic heterocycles. The minimum atomic E-state index is -4.38. The Balaban J connectivity index is 2.20. The van der Waals surface area contributed by atoms with Crippen molar-refractivity contribution in [3.05, 3.63) is 41.7 Å². The van der Waals surface area contributed by atoms with E-state index in [1.807, 2.05) is 0 Å². The predicted molar refractivity (Wildman–Crippen MR) is 63.3 cm³/mol. The van der Waals surface area contributed by atoms with E-state index >= 15 is 0 Å². The Labute approximate surface area is 111 Å². The second kappa shape index (κ2) is 5.54. The van der Waals surface area contributed by atoms with Gasteiger partial charge in [0.1, 0.15) is 10.1 Å². The van der Waals surface area contributed by atoms with E-state index in [1.165, 1.54) is 12.3 Å². The lowest BCUT2D eigenvalue weighted by molar-refractivity contribution is -0.137. The molecule has 0 saturated heterocycles. The molecule has 2 N–H and O–H groups in total. The quantitative estimate of drug-likeness (QED) is 0.939. The van der Waals surface area contributed by atoms with Gasteiger partial charge in [-0.3, -0.25) is 0 Å². The van der Waals surface area contributed by atoms with Gasteiger partial charge in [-0.2, -0.15) is 18.3 Å². The topological polar surface area (TPSA) is 64.7 Å². The van der Waals surface area contributed by atoms with Crippen LogP contribution >= 0.6 is 11.8 Å². The van der Waals surface area contributed by atoms with Gasteiger partial charge in [0.15, 0.2) is 0 Å². The van der Waals surface area contributed by atoms with Gasteiger partial charge in [-0.25, -0.2) is 4.98 Å². The molecule has 8 heteroatoms. The molecule has 0 amide bonds. The Kier molecular flexibility index (Phi) is 4.01. The molecule has 2 aromatic rings. The molecule has 0 radical (unpaired) electrons. The first-order valence-electron chi connectivity index (χ1n) is 5.22. The Hall–Kier alpha value is -1.67. The van der Waals surface area contributed by atoms with Gasteiger partial charge >= 0.3 is 6.18 Å². The molecule has 0 aliphatic heterocycles. The molecule has 0 aromatic carbocycles. The number of aromatic nitrogens is 3. The Morgan fingerprint density at radius 3 is 2.58 bits per heavy atom. The van der Waals surface area contributed by atoms with Gasteiger partial charge in [0.25, 0.3) is 0 Å². The second-order valence-corrected chi connectivity index (χ2v) is 4.56. The van der Waals surface area contributed by atoms with E-state index in [9.17, 15) is 13.2 Å². The van der Waals surface area contributed by atoms with Gasteiger partial charge < -0.3 is 5.73 Å². The highest BCUT2D eigenvalue weighted by Crippen LogP contribution is 2.31. The van der Waals surface area contributed by atoms with Crippen LogP contribution in [0.15, 0.2) is 40.6 Å². The lowest BCUT2D eigenvalue weighted by Gasteiger charge is -2.07. The fraction of sp³-hybridized carbons (Fsp3) is 0.182. The van der Waals surface area contributed by atoms with Gasteiger partial charge in [-0.05, 0) is 30.0 Å². The van der Waals surface area contributed by atoms with Crippen molar-refractivity contribution in [2.75, 3.05) is 0 Å². The summed E-state index contributed by atoms with van der Waals surface area (Å²) < 4.78 is 37.1. The molecule has 100 valence electrons. The molecule has 2 rings (SSSR count). The van der Waals surface area contributed by atoms with Crippen LogP contribution in [-0.4, -0.2) is 15.2 Å². The molecular weight excluding hydrogens is 277 g/mol. The maximum Gasteiger partial charge on any atom is 0.417 e. The summed E-state index contributed by atoms with van der Waals surface area (Å²) in [6.45, 7) is 0.276. The SMILES string of the molecule is NCc1ccnnc1Sc1ccc(C(F)(F)F)cn1. The van der Waals surface area contributed by atoms with Gasteiger partial charge in [0, 0.05) is 24.5 Å². The minimum absolute atomic E-state index is 0.276. The van der Waals surface area contributed by atoms with E-state index in [0.29, 0.717) is 10.1 Å². The summed E-state index contributed by atoms with van der Waals surface area (Å²) in [5, 5.41) is 8.54. The van der Waals surface area contributed by atoms with Crippen LogP contribution in [0.2, 0.25) is 0 Å². The van der Waals surface area contributed by atoms with E-state index in [1.54, 1.807) is 6.07 Å². The summed E-state index contributed by atoms with van der Waals surface area (Å²) in [6, 6.07) is 3.98. The van der Waals surface area contributed by atoms with Crippen LogP contribution in [0.4, 0.5) is 13.2 Å². The average Bonchev–Trinajstić information content (AvgIpc) is 2.39. The van der Waals surface area contributed by atoms with Gasteiger partial charge in [-0.15, -0.1) is 5.10 Å². The van der Waals surface area contributed by atoms with E-state index < -0.39 is 11.7 Å². The number of alkyl halides is 3. The molecule has 0 bridgehead atoms. The number of nitrogens with zero attached hydrogens (tertiary/aromatic N) is 3. The maximum absolute atomic E-state index is 12.4. The normalized spacial score (nSPS) is 11.6. The molecule has 2 heterocycles.